The van der Waals surface area contributed by atoms with Crippen LogP contribution in [0.5, 0.6) is 0 Å². The van der Waals surface area contributed by atoms with Gasteiger partial charge in [0.1, 0.15) is 12.1 Å². The molecule has 0 aromatic carbocycles. The quantitative estimate of drug-likeness (QED) is 0.304. The number of carbonyl (C=O) groups is 3. The number of nitrogens with zero attached hydrogens (tertiary/aromatic N) is 3. The molecule has 0 spiro atoms. The van der Waals surface area contributed by atoms with Crippen molar-refractivity contribution in [1.82, 2.24) is 15.2 Å². The molecule has 196 valence electrons. The van der Waals surface area contributed by atoms with Gasteiger partial charge < -0.3 is 5.32 Å². The van der Waals surface area contributed by atoms with E-state index in [1.807, 2.05) is 23.6 Å². The number of urea groups is 1. The monoisotopic (exact) mass is 538 g/mol. The number of hydrogen-bond donors (Lipinski definition) is 1. The summed E-state index contributed by atoms with van der Waals surface area (Å²) in [4.78, 5) is 43.1. The molecule has 3 atom stereocenters. The third kappa shape index (κ3) is 5.16. The van der Waals surface area contributed by atoms with Gasteiger partial charge in [0.25, 0.3) is 11.8 Å². The van der Waals surface area contributed by atoms with Gasteiger partial charge >= 0.3 is 6.03 Å². The van der Waals surface area contributed by atoms with Crippen molar-refractivity contribution in [2.75, 3.05) is 6.54 Å². The first kappa shape index (κ1) is 25.9. The molecule has 2 aromatic rings. The minimum atomic E-state index is -0.959. The molecule has 2 aromatic heterocycles. The van der Waals surface area contributed by atoms with E-state index < -0.39 is 11.6 Å². The average Bonchev–Trinajstić information content (AvgIpc) is 3.67. The maximum Gasteiger partial charge on any atom is 0.325 e. The standard InChI is InChI=1S/C28H34N4O3S2/c1-3-4-5-6-14-28(2)26(34)31(27(35)29-28)18-23(33)32-25(22-13-9-16-37-22)21-12-7-10-19(24(21)30-32)17-20-11-8-15-36-20/h8-9,11,13,15-17,21,25H,3-7,10,12,14,18H2,1-2H3,(H,29,35)/b19-17-/t21-,25-,28-/m1/s1. The third-order valence-corrected chi connectivity index (χ3v) is 9.38. The molecule has 1 aliphatic carbocycles. The topological polar surface area (TPSA) is 82.1 Å². The Kier molecular flexibility index (Phi) is 7.62. The molecule has 7 nitrogen and oxygen atoms in total. The van der Waals surface area contributed by atoms with Crippen LogP contribution < -0.4 is 5.32 Å². The van der Waals surface area contributed by atoms with Gasteiger partial charge in [-0.3, -0.25) is 14.5 Å². The summed E-state index contributed by atoms with van der Waals surface area (Å²) in [5.41, 5.74) is 1.18. The molecule has 0 bridgehead atoms. The summed E-state index contributed by atoms with van der Waals surface area (Å²) in [6.45, 7) is 3.61. The minimum Gasteiger partial charge on any atom is -0.323 e. The number of hydrogen-bond acceptors (Lipinski definition) is 6. The van der Waals surface area contributed by atoms with Gasteiger partial charge in [0.15, 0.2) is 0 Å². The van der Waals surface area contributed by atoms with E-state index in [2.05, 4.69) is 29.8 Å². The Balaban J connectivity index is 1.38. The Hall–Kier alpha value is -2.78. The van der Waals surface area contributed by atoms with Crippen molar-refractivity contribution >= 4 is 52.3 Å². The molecular formula is C28H34N4O3S2. The number of carbonyl (C=O) groups excluding carboxylic acids is 3. The van der Waals surface area contributed by atoms with Crippen molar-refractivity contribution in [1.29, 1.82) is 0 Å². The van der Waals surface area contributed by atoms with E-state index in [4.69, 9.17) is 5.10 Å². The van der Waals surface area contributed by atoms with E-state index in [-0.39, 0.29) is 30.3 Å². The van der Waals surface area contributed by atoms with Gasteiger partial charge in [-0.2, -0.15) is 5.10 Å². The van der Waals surface area contributed by atoms with Crippen LogP contribution in [0.4, 0.5) is 4.79 Å². The Labute approximate surface area is 226 Å². The van der Waals surface area contributed by atoms with Crippen LogP contribution in [0, 0.1) is 5.92 Å². The number of fused-ring (bicyclic) bond motifs is 1. The molecule has 4 amide bonds. The molecule has 9 heteroatoms. The maximum absolute atomic E-state index is 13.7. The zero-order valence-corrected chi connectivity index (χ0v) is 23.1. The number of unbranched alkanes of at least 4 members (excludes halogenated alkanes) is 3. The van der Waals surface area contributed by atoms with Crippen LogP contribution in [0.1, 0.15) is 81.0 Å². The van der Waals surface area contributed by atoms with Crippen LogP contribution in [0.2, 0.25) is 0 Å². The van der Waals surface area contributed by atoms with Crippen molar-refractivity contribution in [3.05, 3.63) is 50.4 Å². The SMILES string of the molecule is CCCCCC[C@@]1(C)NC(=O)N(CC(=O)N2N=C3/C(=C\c4cccs4)CCC[C@H]3[C@@H]2c2cccs2)C1=O. The summed E-state index contributed by atoms with van der Waals surface area (Å²) in [5.74, 6) is -0.540. The lowest BCUT2D eigenvalue weighted by Gasteiger charge is -2.29. The molecule has 1 saturated carbocycles. The first-order valence-electron chi connectivity index (χ1n) is 13.2. The van der Waals surface area contributed by atoms with Crippen LogP contribution in [0.15, 0.2) is 45.7 Å². The van der Waals surface area contributed by atoms with Gasteiger partial charge in [-0.05, 0) is 67.1 Å². The summed E-state index contributed by atoms with van der Waals surface area (Å²) >= 11 is 3.30. The number of amides is 4. The number of thiophene rings is 2. The number of imide groups is 1. The van der Waals surface area contributed by atoms with Gasteiger partial charge in [-0.15, -0.1) is 22.7 Å². The van der Waals surface area contributed by atoms with Crippen LogP contribution in [0.3, 0.4) is 0 Å². The van der Waals surface area contributed by atoms with Crippen molar-refractivity contribution in [2.24, 2.45) is 11.0 Å². The Morgan fingerprint density at radius 2 is 2.00 bits per heavy atom. The summed E-state index contributed by atoms with van der Waals surface area (Å²) in [6, 6.07) is 7.46. The summed E-state index contributed by atoms with van der Waals surface area (Å²) in [5, 5.41) is 13.4. The van der Waals surface area contributed by atoms with Gasteiger partial charge in [0, 0.05) is 15.7 Å². The minimum absolute atomic E-state index is 0.106. The smallest absolute Gasteiger partial charge is 0.323 e. The highest BCUT2D eigenvalue weighted by Gasteiger charge is 2.50. The molecule has 2 aliphatic heterocycles. The van der Waals surface area contributed by atoms with E-state index in [9.17, 15) is 14.4 Å². The number of hydrazone groups is 1. The number of nitrogens with one attached hydrogen (secondary N) is 1. The molecule has 1 saturated heterocycles. The normalized spacial score (nSPS) is 26.5. The molecular weight excluding hydrogens is 504 g/mol. The fourth-order valence-electron chi connectivity index (χ4n) is 5.66. The van der Waals surface area contributed by atoms with Crippen molar-refractivity contribution in [2.45, 2.75) is 76.8 Å². The molecule has 0 radical (unpaired) electrons. The average molecular weight is 539 g/mol. The lowest BCUT2D eigenvalue weighted by Crippen LogP contribution is -2.45. The second kappa shape index (κ2) is 10.9. The van der Waals surface area contributed by atoms with Gasteiger partial charge in [0.2, 0.25) is 0 Å². The number of allylic oxidation sites excluding steroid dienone is 1. The van der Waals surface area contributed by atoms with E-state index in [0.29, 0.717) is 6.42 Å². The lowest BCUT2D eigenvalue weighted by molar-refractivity contribution is -0.140. The fraction of sp³-hybridized carbons (Fsp3) is 0.500. The van der Waals surface area contributed by atoms with E-state index >= 15 is 0 Å². The van der Waals surface area contributed by atoms with Gasteiger partial charge in [-0.25, -0.2) is 9.80 Å². The van der Waals surface area contributed by atoms with Crippen molar-refractivity contribution < 1.29 is 14.4 Å². The second-order valence-corrected chi connectivity index (χ2v) is 12.3. The van der Waals surface area contributed by atoms with E-state index in [0.717, 1.165) is 60.4 Å². The lowest BCUT2D eigenvalue weighted by atomic mass is 9.79. The summed E-state index contributed by atoms with van der Waals surface area (Å²) in [6.07, 6.45) is 9.76. The van der Waals surface area contributed by atoms with Crippen LogP contribution in [-0.2, 0) is 9.59 Å². The van der Waals surface area contributed by atoms with Crippen molar-refractivity contribution in [3.63, 3.8) is 0 Å². The Morgan fingerprint density at radius 3 is 2.73 bits per heavy atom. The van der Waals surface area contributed by atoms with E-state index in [1.54, 1.807) is 34.6 Å². The Morgan fingerprint density at radius 1 is 1.19 bits per heavy atom. The number of rotatable bonds is 9. The molecule has 2 fully saturated rings. The highest BCUT2D eigenvalue weighted by atomic mass is 32.1. The third-order valence-electron chi connectivity index (χ3n) is 7.62. The predicted molar refractivity (Wildman–Crippen MR) is 148 cm³/mol. The maximum atomic E-state index is 13.7. The molecule has 4 heterocycles. The molecule has 37 heavy (non-hydrogen) atoms. The highest BCUT2D eigenvalue weighted by Crippen LogP contribution is 2.45. The summed E-state index contributed by atoms with van der Waals surface area (Å²) < 4.78 is 0. The molecule has 3 aliphatic rings. The van der Waals surface area contributed by atoms with E-state index in [1.165, 1.54) is 10.5 Å². The first-order valence-corrected chi connectivity index (χ1v) is 15.0. The molecule has 0 unspecified atom stereocenters. The highest BCUT2D eigenvalue weighted by molar-refractivity contribution is 7.11. The zero-order chi connectivity index (χ0) is 26.0. The Bertz CT molecular complexity index is 1200. The van der Waals surface area contributed by atoms with Crippen LogP contribution >= 0.6 is 22.7 Å². The molecule has 5 rings (SSSR count). The van der Waals surface area contributed by atoms with Crippen LogP contribution in [0.25, 0.3) is 6.08 Å². The summed E-state index contributed by atoms with van der Waals surface area (Å²) in [7, 11) is 0. The predicted octanol–water partition coefficient (Wildman–Crippen LogP) is 6.21. The zero-order valence-electron chi connectivity index (χ0n) is 21.4. The first-order chi connectivity index (χ1) is 17.9. The van der Waals surface area contributed by atoms with Crippen molar-refractivity contribution in [3.8, 4) is 0 Å². The van der Waals surface area contributed by atoms with Gasteiger partial charge in [0.05, 0.1) is 11.8 Å². The van der Waals surface area contributed by atoms with Crippen LogP contribution in [-0.4, -0.2) is 45.5 Å². The largest absolute Gasteiger partial charge is 0.325 e. The van der Waals surface area contributed by atoms with Gasteiger partial charge in [-0.1, -0.05) is 44.7 Å². The molecule has 1 N–H and O–H groups in total. The fourth-order valence-corrected chi connectivity index (χ4v) is 7.22. The second-order valence-electron chi connectivity index (χ2n) is 10.3.